The molecule has 1 aliphatic heterocycles. The van der Waals surface area contributed by atoms with E-state index in [1.807, 2.05) is 11.9 Å². The lowest BCUT2D eigenvalue weighted by molar-refractivity contribution is -0.119. The van der Waals surface area contributed by atoms with Gasteiger partial charge in [-0.05, 0) is 26.4 Å². The number of nitrogens with zero attached hydrogens (tertiary/aromatic N) is 3. The van der Waals surface area contributed by atoms with Gasteiger partial charge in [-0.2, -0.15) is 4.79 Å². The molecule has 4 nitrogen and oxygen atoms in total. The molecule has 1 atom stereocenters. The van der Waals surface area contributed by atoms with Gasteiger partial charge in [-0.25, -0.2) is 0 Å². The number of ketones is 1. The van der Waals surface area contributed by atoms with Crippen molar-refractivity contribution in [2.45, 2.75) is 18.9 Å². The number of hydrogen-bond donors (Lipinski definition) is 0. The molecule has 1 fully saturated rings. The molecule has 0 unspecified atom stereocenters. The SMILES string of the molecule is CN1CCC[C@H]1C(=O)C=[N+]=[N-]. The standard InChI is InChI=1S/C7H11N3O/c1-10-4-2-3-6(10)7(11)5-9-8/h5-6H,2-4H2,1H3/t6-/m0/s1. The topological polar surface area (TPSA) is 56.7 Å². The Labute approximate surface area is 65.4 Å². The lowest BCUT2D eigenvalue weighted by Gasteiger charge is -2.13. The van der Waals surface area contributed by atoms with Crippen molar-refractivity contribution in [2.75, 3.05) is 13.6 Å². The van der Waals surface area contributed by atoms with Crippen LogP contribution >= 0.6 is 0 Å². The summed E-state index contributed by atoms with van der Waals surface area (Å²) >= 11 is 0. The summed E-state index contributed by atoms with van der Waals surface area (Å²) in [4.78, 5) is 15.8. The van der Waals surface area contributed by atoms with Crippen molar-refractivity contribution < 1.29 is 9.58 Å². The molecule has 0 bridgehead atoms. The molecule has 4 heteroatoms. The summed E-state index contributed by atoms with van der Waals surface area (Å²) in [7, 11) is 1.90. The molecule has 0 saturated carbocycles. The Morgan fingerprint density at radius 1 is 1.82 bits per heavy atom. The first-order valence-corrected chi connectivity index (χ1v) is 3.67. The van der Waals surface area contributed by atoms with Gasteiger partial charge in [-0.1, -0.05) is 0 Å². The molecular weight excluding hydrogens is 142 g/mol. The van der Waals surface area contributed by atoms with Crippen molar-refractivity contribution >= 4 is 12.0 Å². The quantitative estimate of drug-likeness (QED) is 0.317. The van der Waals surface area contributed by atoms with Crippen LogP contribution in [0.4, 0.5) is 0 Å². The summed E-state index contributed by atoms with van der Waals surface area (Å²) in [5, 5.41) is 0. The first kappa shape index (κ1) is 8.11. The van der Waals surface area contributed by atoms with Gasteiger partial charge >= 0.3 is 6.21 Å². The molecule has 0 amide bonds. The smallest absolute Gasteiger partial charge is 0.324 e. The van der Waals surface area contributed by atoms with E-state index in [1.54, 1.807) is 0 Å². The Morgan fingerprint density at radius 2 is 2.55 bits per heavy atom. The van der Waals surface area contributed by atoms with E-state index < -0.39 is 0 Å². The fourth-order valence-corrected chi connectivity index (χ4v) is 1.41. The summed E-state index contributed by atoms with van der Waals surface area (Å²) in [6, 6.07) is -0.0640. The zero-order valence-electron chi connectivity index (χ0n) is 6.53. The van der Waals surface area contributed by atoms with Gasteiger partial charge in [0.2, 0.25) is 0 Å². The van der Waals surface area contributed by atoms with E-state index in [2.05, 4.69) is 4.79 Å². The van der Waals surface area contributed by atoms with Gasteiger partial charge in [0.25, 0.3) is 5.78 Å². The summed E-state index contributed by atoms with van der Waals surface area (Å²) < 4.78 is 0. The molecule has 60 valence electrons. The van der Waals surface area contributed by atoms with Gasteiger partial charge in [0.1, 0.15) is 0 Å². The van der Waals surface area contributed by atoms with Crippen molar-refractivity contribution in [3.05, 3.63) is 5.53 Å². The molecule has 0 aromatic rings. The number of likely N-dealkylation sites (N-methyl/N-ethyl adjacent to an activating group) is 1. The maximum atomic E-state index is 11.1. The van der Waals surface area contributed by atoms with Gasteiger partial charge in [-0.15, -0.1) is 0 Å². The van der Waals surface area contributed by atoms with Gasteiger partial charge < -0.3 is 5.53 Å². The second-order valence-corrected chi connectivity index (χ2v) is 2.79. The van der Waals surface area contributed by atoms with E-state index in [4.69, 9.17) is 5.53 Å². The third kappa shape index (κ3) is 1.73. The van der Waals surface area contributed by atoms with E-state index in [1.165, 1.54) is 0 Å². The molecule has 1 aliphatic rings. The molecule has 0 aromatic carbocycles. The van der Waals surface area contributed by atoms with Crippen LogP contribution in [-0.4, -0.2) is 41.3 Å². The number of likely N-dealkylation sites (tertiary alicyclic amines) is 1. The third-order valence-electron chi connectivity index (χ3n) is 2.03. The summed E-state index contributed by atoms with van der Waals surface area (Å²) in [5.41, 5.74) is 8.11. The molecule has 0 N–H and O–H groups in total. The molecular formula is C7H11N3O. The van der Waals surface area contributed by atoms with Crippen LogP contribution in [0.25, 0.3) is 5.53 Å². The van der Waals surface area contributed by atoms with E-state index in [0.717, 1.165) is 25.6 Å². The molecule has 0 aromatic heterocycles. The van der Waals surface area contributed by atoms with Crippen LogP contribution in [0.5, 0.6) is 0 Å². The van der Waals surface area contributed by atoms with E-state index in [9.17, 15) is 4.79 Å². The highest BCUT2D eigenvalue weighted by Gasteiger charge is 2.28. The zero-order valence-corrected chi connectivity index (χ0v) is 6.53. The lowest BCUT2D eigenvalue weighted by Crippen LogP contribution is -2.33. The van der Waals surface area contributed by atoms with Crippen molar-refractivity contribution in [3.63, 3.8) is 0 Å². The Kier molecular flexibility index (Phi) is 2.52. The summed E-state index contributed by atoms with van der Waals surface area (Å²) in [6.07, 6.45) is 2.90. The number of carbonyl (C=O) groups is 1. The predicted octanol–water partition coefficient (Wildman–Crippen LogP) is -0.0497. The minimum atomic E-state index is -0.104. The largest absolute Gasteiger partial charge is 0.361 e. The number of Topliss-reactive ketones (excluding diaryl/α,β-unsaturated/α-hetero) is 1. The Morgan fingerprint density at radius 3 is 3.00 bits per heavy atom. The first-order chi connectivity index (χ1) is 5.25. The van der Waals surface area contributed by atoms with Gasteiger partial charge in [0.15, 0.2) is 0 Å². The van der Waals surface area contributed by atoms with Crippen LogP contribution in [0, 0.1) is 0 Å². The maximum absolute atomic E-state index is 11.1. The summed E-state index contributed by atoms with van der Waals surface area (Å²) in [5.74, 6) is -0.104. The predicted molar refractivity (Wildman–Crippen MR) is 40.3 cm³/mol. The van der Waals surface area contributed by atoms with Gasteiger partial charge in [0, 0.05) is 0 Å². The molecule has 1 saturated heterocycles. The average Bonchev–Trinajstić information content (AvgIpc) is 2.36. The Bertz CT molecular complexity index is 208. The van der Waals surface area contributed by atoms with Gasteiger partial charge in [-0.3, -0.25) is 9.69 Å². The molecule has 0 aliphatic carbocycles. The molecule has 1 heterocycles. The molecule has 0 radical (unpaired) electrons. The zero-order chi connectivity index (χ0) is 8.27. The van der Waals surface area contributed by atoms with Crippen LogP contribution in [-0.2, 0) is 4.79 Å². The van der Waals surface area contributed by atoms with E-state index >= 15 is 0 Å². The Balaban J connectivity index is 2.59. The second-order valence-electron chi connectivity index (χ2n) is 2.79. The monoisotopic (exact) mass is 153 g/mol. The van der Waals surface area contributed by atoms with Gasteiger partial charge in [0.05, 0.1) is 6.04 Å². The maximum Gasteiger partial charge on any atom is 0.324 e. The van der Waals surface area contributed by atoms with Crippen LogP contribution < -0.4 is 0 Å². The number of carbonyl (C=O) groups excluding carboxylic acids is 1. The minimum Gasteiger partial charge on any atom is -0.361 e. The molecule has 1 rings (SSSR count). The second kappa shape index (κ2) is 3.42. The normalized spacial score (nSPS) is 24.6. The van der Waals surface area contributed by atoms with E-state index in [-0.39, 0.29) is 11.8 Å². The molecule has 11 heavy (non-hydrogen) atoms. The van der Waals surface area contributed by atoms with E-state index in [0.29, 0.717) is 0 Å². The van der Waals surface area contributed by atoms with Crippen molar-refractivity contribution in [1.82, 2.24) is 4.90 Å². The van der Waals surface area contributed by atoms with Crippen molar-refractivity contribution in [2.24, 2.45) is 0 Å². The Hall–Kier alpha value is -0.990. The average molecular weight is 153 g/mol. The third-order valence-corrected chi connectivity index (χ3v) is 2.03. The van der Waals surface area contributed by atoms with Crippen LogP contribution in [0.2, 0.25) is 0 Å². The number of hydrogen-bond acceptors (Lipinski definition) is 2. The first-order valence-electron chi connectivity index (χ1n) is 3.67. The highest BCUT2D eigenvalue weighted by atomic mass is 16.1. The van der Waals surface area contributed by atoms with Crippen LogP contribution in [0.1, 0.15) is 12.8 Å². The lowest BCUT2D eigenvalue weighted by atomic mass is 10.1. The fraction of sp³-hybridized carbons (Fsp3) is 0.714. The molecule has 0 spiro atoms. The van der Waals surface area contributed by atoms with Crippen molar-refractivity contribution in [1.29, 1.82) is 0 Å². The van der Waals surface area contributed by atoms with Crippen LogP contribution in [0.3, 0.4) is 0 Å². The highest BCUT2D eigenvalue weighted by Crippen LogP contribution is 2.14. The van der Waals surface area contributed by atoms with Crippen LogP contribution in [0.15, 0.2) is 0 Å². The van der Waals surface area contributed by atoms with Crippen molar-refractivity contribution in [3.8, 4) is 0 Å². The minimum absolute atomic E-state index is 0.0640. The fourth-order valence-electron chi connectivity index (χ4n) is 1.41. The summed E-state index contributed by atoms with van der Waals surface area (Å²) in [6.45, 7) is 0.954. The number of rotatable bonds is 2. The highest BCUT2D eigenvalue weighted by molar-refractivity contribution is 6.27.